The Labute approximate surface area is 98.4 Å². The van der Waals surface area contributed by atoms with Crippen molar-refractivity contribution in [1.82, 2.24) is 5.32 Å². The fourth-order valence-electron chi connectivity index (χ4n) is 1.56. The van der Waals surface area contributed by atoms with E-state index >= 15 is 0 Å². The van der Waals surface area contributed by atoms with Crippen LogP contribution in [-0.4, -0.2) is 23.3 Å². The van der Waals surface area contributed by atoms with Crippen LogP contribution in [0.1, 0.15) is 18.7 Å². The zero-order chi connectivity index (χ0) is 11.7. The van der Waals surface area contributed by atoms with E-state index in [1.807, 2.05) is 19.1 Å². The Balaban J connectivity index is 2.32. The van der Waals surface area contributed by atoms with Crippen molar-refractivity contribution in [2.45, 2.75) is 23.3 Å². The maximum Gasteiger partial charge on any atom is 0.237 e. The number of hydrogen-bond acceptors (Lipinski definition) is 4. The second kappa shape index (κ2) is 4.45. The maximum absolute atomic E-state index is 11.5. The summed E-state index contributed by atoms with van der Waals surface area (Å²) in [5, 5.41) is 15.1. The maximum atomic E-state index is 11.5. The van der Waals surface area contributed by atoms with Gasteiger partial charge < -0.3 is 10.4 Å². The molecule has 1 amide bonds. The van der Waals surface area contributed by atoms with Gasteiger partial charge >= 0.3 is 0 Å². The van der Waals surface area contributed by atoms with Crippen LogP contribution in [0.25, 0.3) is 0 Å². The Hall–Kier alpha value is -1.04. The van der Waals surface area contributed by atoms with E-state index in [4.69, 9.17) is 0 Å². The van der Waals surface area contributed by atoms with Crippen molar-refractivity contribution in [1.29, 1.82) is 0 Å². The molecule has 0 spiro atoms. The van der Waals surface area contributed by atoms with Crippen LogP contribution in [0.3, 0.4) is 0 Å². The first kappa shape index (κ1) is 11.4. The Bertz CT molecular complexity index is 422. The van der Waals surface area contributed by atoms with Crippen molar-refractivity contribution >= 4 is 23.4 Å². The lowest BCUT2D eigenvalue weighted by Crippen LogP contribution is -2.26. The van der Waals surface area contributed by atoms with Gasteiger partial charge in [0, 0.05) is 4.90 Å². The number of aliphatic hydroxyl groups is 1. The molecule has 0 aliphatic carbocycles. The van der Waals surface area contributed by atoms with Crippen molar-refractivity contribution in [3.8, 4) is 0 Å². The lowest BCUT2D eigenvalue weighted by molar-refractivity contribution is -0.115. The molecular weight excluding hydrogens is 224 g/mol. The minimum atomic E-state index is -0.702. The predicted octanol–water partition coefficient (Wildman–Crippen LogP) is 1.33. The molecular formula is C11H14N2O2S. The summed E-state index contributed by atoms with van der Waals surface area (Å²) in [5.74, 6) is 0.00796. The first-order chi connectivity index (χ1) is 7.61. The summed E-state index contributed by atoms with van der Waals surface area (Å²) in [5.41, 5.74) is 1.52. The second-order valence-electron chi connectivity index (χ2n) is 3.70. The molecule has 2 atom stereocenters. The normalized spacial score (nSPS) is 21.2. The van der Waals surface area contributed by atoms with Gasteiger partial charge in [-0.2, -0.15) is 0 Å². The van der Waals surface area contributed by atoms with Crippen LogP contribution in [-0.2, 0) is 4.79 Å². The summed E-state index contributed by atoms with van der Waals surface area (Å²) in [6.45, 7) is 1.87. The van der Waals surface area contributed by atoms with Gasteiger partial charge in [0.05, 0.1) is 10.9 Å². The van der Waals surface area contributed by atoms with Crippen LogP contribution < -0.4 is 10.6 Å². The average Bonchev–Trinajstić information content (AvgIpc) is 2.29. The number of rotatable bonds is 2. The lowest BCUT2D eigenvalue weighted by Gasteiger charge is -2.22. The van der Waals surface area contributed by atoms with Crippen LogP contribution in [0.2, 0.25) is 0 Å². The molecule has 4 nitrogen and oxygen atoms in total. The molecule has 0 fully saturated rings. The van der Waals surface area contributed by atoms with Gasteiger partial charge in [-0.15, -0.1) is 11.8 Å². The summed E-state index contributed by atoms with van der Waals surface area (Å²) in [4.78, 5) is 12.5. The highest BCUT2D eigenvalue weighted by molar-refractivity contribution is 8.00. The van der Waals surface area contributed by atoms with Crippen molar-refractivity contribution in [2.75, 3.05) is 12.4 Å². The molecule has 3 N–H and O–H groups in total. The minimum absolute atomic E-state index is 0.00796. The van der Waals surface area contributed by atoms with E-state index in [-0.39, 0.29) is 11.2 Å². The highest BCUT2D eigenvalue weighted by Gasteiger charge is 2.23. The van der Waals surface area contributed by atoms with Crippen molar-refractivity contribution in [2.24, 2.45) is 0 Å². The van der Waals surface area contributed by atoms with Gasteiger partial charge in [0.1, 0.15) is 6.23 Å². The van der Waals surface area contributed by atoms with Crippen LogP contribution in [0, 0.1) is 0 Å². The van der Waals surface area contributed by atoms with Gasteiger partial charge in [-0.25, -0.2) is 0 Å². The van der Waals surface area contributed by atoms with Crippen LogP contribution in [0.4, 0.5) is 5.69 Å². The van der Waals surface area contributed by atoms with Gasteiger partial charge in [0.15, 0.2) is 0 Å². The second-order valence-corrected chi connectivity index (χ2v) is 5.08. The molecule has 2 unspecified atom stereocenters. The summed E-state index contributed by atoms with van der Waals surface area (Å²) in [6, 6.07) is 5.58. The van der Waals surface area contributed by atoms with Gasteiger partial charge in [-0.05, 0) is 31.7 Å². The van der Waals surface area contributed by atoms with Crippen LogP contribution >= 0.6 is 11.8 Å². The molecule has 0 bridgehead atoms. The summed E-state index contributed by atoms with van der Waals surface area (Å²) >= 11 is 1.53. The fraction of sp³-hybridized carbons (Fsp3) is 0.364. The standard InChI is InChI=1S/C11H14N2O2S/c1-6-10(14)13-8-5-7(11(15)12-2)3-4-9(8)16-6/h3-6,11-12,15H,1-2H3,(H,13,14). The van der Waals surface area contributed by atoms with E-state index in [1.165, 1.54) is 11.8 Å². The van der Waals surface area contributed by atoms with Gasteiger partial charge in [-0.1, -0.05) is 6.07 Å². The summed E-state index contributed by atoms with van der Waals surface area (Å²) in [6.07, 6.45) is -0.702. The fourth-order valence-corrected chi connectivity index (χ4v) is 2.49. The molecule has 1 aromatic carbocycles. The Morgan fingerprint density at radius 3 is 3.00 bits per heavy atom. The minimum Gasteiger partial charge on any atom is -0.374 e. The predicted molar refractivity (Wildman–Crippen MR) is 64.4 cm³/mol. The van der Waals surface area contributed by atoms with E-state index in [1.54, 1.807) is 13.1 Å². The number of aliphatic hydroxyl groups excluding tert-OH is 1. The van der Waals surface area contributed by atoms with Crippen molar-refractivity contribution < 1.29 is 9.90 Å². The molecule has 16 heavy (non-hydrogen) atoms. The van der Waals surface area contributed by atoms with E-state index in [0.717, 1.165) is 16.1 Å². The topological polar surface area (TPSA) is 61.4 Å². The van der Waals surface area contributed by atoms with Crippen molar-refractivity contribution in [3.63, 3.8) is 0 Å². The monoisotopic (exact) mass is 238 g/mol. The smallest absolute Gasteiger partial charge is 0.237 e. The summed E-state index contributed by atoms with van der Waals surface area (Å²) < 4.78 is 0. The molecule has 0 saturated heterocycles. The number of benzene rings is 1. The molecule has 1 aromatic rings. The molecule has 0 radical (unpaired) electrons. The number of thioether (sulfide) groups is 1. The van der Waals surface area contributed by atoms with E-state index in [0.29, 0.717) is 0 Å². The van der Waals surface area contributed by atoms with Gasteiger partial charge in [-0.3, -0.25) is 10.1 Å². The molecule has 1 aliphatic heterocycles. The zero-order valence-electron chi connectivity index (χ0n) is 9.15. The van der Waals surface area contributed by atoms with Crippen LogP contribution in [0.15, 0.2) is 23.1 Å². The first-order valence-corrected chi connectivity index (χ1v) is 5.96. The van der Waals surface area contributed by atoms with E-state index in [9.17, 15) is 9.90 Å². The molecule has 0 aromatic heterocycles. The highest BCUT2D eigenvalue weighted by atomic mass is 32.2. The number of carbonyl (C=O) groups excluding carboxylic acids is 1. The average molecular weight is 238 g/mol. The molecule has 1 aliphatic rings. The highest BCUT2D eigenvalue weighted by Crippen LogP contribution is 2.36. The molecule has 86 valence electrons. The largest absolute Gasteiger partial charge is 0.374 e. The third kappa shape index (κ3) is 2.07. The number of anilines is 1. The van der Waals surface area contributed by atoms with Crippen molar-refractivity contribution in [3.05, 3.63) is 23.8 Å². The van der Waals surface area contributed by atoms with Gasteiger partial charge in [0.2, 0.25) is 5.91 Å². The Morgan fingerprint density at radius 2 is 2.31 bits per heavy atom. The first-order valence-electron chi connectivity index (χ1n) is 5.08. The number of hydrogen-bond donors (Lipinski definition) is 3. The van der Waals surface area contributed by atoms with Crippen LogP contribution in [0.5, 0.6) is 0 Å². The summed E-state index contributed by atoms with van der Waals surface area (Å²) in [7, 11) is 1.68. The Morgan fingerprint density at radius 1 is 1.56 bits per heavy atom. The number of fused-ring (bicyclic) bond motifs is 1. The third-order valence-electron chi connectivity index (χ3n) is 2.52. The SMILES string of the molecule is CNC(O)c1ccc2c(c1)NC(=O)C(C)S2. The molecule has 1 heterocycles. The molecule has 0 saturated carbocycles. The zero-order valence-corrected chi connectivity index (χ0v) is 9.97. The van der Waals surface area contributed by atoms with E-state index in [2.05, 4.69) is 10.6 Å². The van der Waals surface area contributed by atoms with E-state index < -0.39 is 6.23 Å². The third-order valence-corrected chi connectivity index (χ3v) is 3.70. The quantitative estimate of drug-likeness (QED) is 0.680. The number of amides is 1. The lowest BCUT2D eigenvalue weighted by atomic mass is 10.1. The molecule has 5 heteroatoms. The number of nitrogens with one attached hydrogen (secondary N) is 2. The van der Waals surface area contributed by atoms with Gasteiger partial charge in [0.25, 0.3) is 0 Å². The Kier molecular flexibility index (Phi) is 3.18. The number of carbonyl (C=O) groups is 1. The molecule has 2 rings (SSSR count).